The van der Waals surface area contributed by atoms with E-state index in [0.717, 1.165) is 16.8 Å². The van der Waals surface area contributed by atoms with Crippen LogP contribution in [0.1, 0.15) is 5.56 Å². The van der Waals surface area contributed by atoms with Gasteiger partial charge < -0.3 is 10.7 Å². The van der Waals surface area contributed by atoms with Crippen LogP contribution in [0, 0.1) is 6.92 Å². The molecule has 0 atom stereocenters. The Bertz CT molecular complexity index is 686. The lowest BCUT2D eigenvalue weighted by molar-refractivity contribution is 1.23. The highest BCUT2D eigenvalue weighted by molar-refractivity contribution is 5.75. The van der Waals surface area contributed by atoms with Crippen LogP contribution in [0.2, 0.25) is 0 Å². The van der Waals surface area contributed by atoms with Crippen LogP contribution in [0.4, 0.5) is 5.82 Å². The Hall–Kier alpha value is -2.43. The number of anilines is 1. The summed E-state index contributed by atoms with van der Waals surface area (Å²) in [5, 5.41) is 0. The maximum atomic E-state index is 5.65. The molecule has 3 rings (SSSR count). The monoisotopic (exact) mass is 225 g/mol. The van der Waals surface area contributed by atoms with Crippen molar-refractivity contribution in [1.29, 1.82) is 0 Å². The number of hydrogen-bond acceptors (Lipinski definition) is 4. The largest absolute Gasteiger partial charge is 0.384 e. The Labute approximate surface area is 97.7 Å². The number of aryl methyl sites for hydroxylation is 1. The van der Waals surface area contributed by atoms with E-state index in [0.29, 0.717) is 17.3 Å². The van der Waals surface area contributed by atoms with Gasteiger partial charge in [-0.25, -0.2) is 15.0 Å². The van der Waals surface area contributed by atoms with Gasteiger partial charge in [-0.15, -0.1) is 0 Å². The molecule has 0 saturated heterocycles. The van der Waals surface area contributed by atoms with Gasteiger partial charge >= 0.3 is 0 Å². The quantitative estimate of drug-likeness (QED) is 0.663. The van der Waals surface area contributed by atoms with Gasteiger partial charge in [0.15, 0.2) is 11.5 Å². The standard InChI is InChI=1S/C12H11N5/c1-7-5-9-11(14-6-7)17-12(16-9)8-3-2-4-10(13)15-8/h2-6H,1H3,(H2,13,15)(H,14,16,17). The molecule has 5 nitrogen and oxygen atoms in total. The van der Waals surface area contributed by atoms with Crippen LogP contribution in [0.5, 0.6) is 0 Å². The van der Waals surface area contributed by atoms with Gasteiger partial charge in [0.25, 0.3) is 0 Å². The Balaban J connectivity index is 2.18. The first-order valence-corrected chi connectivity index (χ1v) is 5.27. The molecule has 3 N–H and O–H groups in total. The molecule has 5 heteroatoms. The molecule has 84 valence electrons. The van der Waals surface area contributed by atoms with Crippen molar-refractivity contribution in [2.24, 2.45) is 0 Å². The zero-order valence-corrected chi connectivity index (χ0v) is 9.31. The summed E-state index contributed by atoms with van der Waals surface area (Å²) >= 11 is 0. The molecule has 3 aromatic rings. The zero-order chi connectivity index (χ0) is 11.8. The average molecular weight is 225 g/mol. The number of aromatic nitrogens is 4. The normalized spacial score (nSPS) is 10.9. The van der Waals surface area contributed by atoms with Gasteiger partial charge in [0.1, 0.15) is 11.5 Å². The van der Waals surface area contributed by atoms with Crippen molar-refractivity contribution in [1.82, 2.24) is 19.9 Å². The Morgan fingerprint density at radius 2 is 2.12 bits per heavy atom. The van der Waals surface area contributed by atoms with E-state index in [1.165, 1.54) is 0 Å². The Kier molecular flexibility index (Phi) is 2.04. The third kappa shape index (κ3) is 1.71. The molecule has 3 aromatic heterocycles. The molecule has 0 aliphatic rings. The lowest BCUT2D eigenvalue weighted by Crippen LogP contribution is -1.92. The van der Waals surface area contributed by atoms with Crippen molar-refractivity contribution >= 4 is 17.0 Å². The van der Waals surface area contributed by atoms with Crippen LogP contribution in [0.15, 0.2) is 30.5 Å². The molecule has 0 spiro atoms. The van der Waals surface area contributed by atoms with Crippen molar-refractivity contribution in [3.63, 3.8) is 0 Å². The lowest BCUT2D eigenvalue weighted by atomic mass is 10.3. The highest BCUT2D eigenvalue weighted by atomic mass is 15.0. The van der Waals surface area contributed by atoms with Gasteiger partial charge in [-0.3, -0.25) is 0 Å². The van der Waals surface area contributed by atoms with Crippen molar-refractivity contribution in [2.45, 2.75) is 6.92 Å². The van der Waals surface area contributed by atoms with Crippen LogP contribution < -0.4 is 5.73 Å². The van der Waals surface area contributed by atoms with Crippen molar-refractivity contribution in [2.75, 3.05) is 5.73 Å². The summed E-state index contributed by atoms with van der Waals surface area (Å²) in [5.74, 6) is 1.16. The maximum Gasteiger partial charge on any atom is 0.178 e. The van der Waals surface area contributed by atoms with Crippen molar-refractivity contribution in [3.8, 4) is 11.5 Å². The molecule has 0 amide bonds. The molecule has 0 radical (unpaired) electrons. The molecule has 0 aromatic carbocycles. The van der Waals surface area contributed by atoms with Crippen molar-refractivity contribution in [3.05, 3.63) is 36.0 Å². The number of rotatable bonds is 1. The number of nitrogens with two attached hydrogens (primary N) is 1. The second kappa shape index (κ2) is 3.55. The van der Waals surface area contributed by atoms with Crippen LogP contribution in [0.3, 0.4) is 0 Å². The first-order chi connectivity index (χ1) is 8.22. The summed E-state index contributed by atoms with van der Waals surface area (Å²) in [6.07, 6.45) is 1.79. The van der Waals surface area contributed by atoms with E-state index in [4.69, 9.17) is 5.73 Å². The zero-order valence-electron chi connectivity index (χ0n) is 9.31. The molecule has 3 heterocycles. The van der Waals surface area contributed by atoms with E-state index in [1.54, 1.807) is 12.3 Å². The van der Waals surface area contributed by atoms with E-state index in [9.17, 15) is 0 Å². The number of H-pyrrole nitrogens is 1. The third-order valence-electron chi connectivity index (χ3n) is 2.49. The van der Waals surface area contributed by atoms with E-state index in [-0.39, 0.29) is 0 Å². The third-order valence-corrected chi connectivity index (χ3v) is 2.49. The molecule has 0 bridgehead atoms. The summed E-state index contributed by atoms with van der Waals surface area (Å²) < 4.78 is 0. The van der Waals surface area contributed by atoms with Gasteiger partial charge in [0.2, 0.25) is 0 Å². The maximum absolute atomic E-state index is 5.65. The van der Waals surface area contributed by atoms with Crippen LogP contribution in [0.25, 0.3) is 22.7 Å². The van der Waals surface area contributed by atoms with E-state index in [2.05, 4.69) is 19.9 Å². The number of pyridine rings is 2. The first kappa shape index (κ1) is 9.77. The Morgan fingerprint density at radius 1 is 1.24 bits per heavy atom. The predicted octanol–water partition coefficient (Wildman–Crippen LogP) is 1.91. The van der Waals surface area contributed by atoms with Crippen molar-refractivity contribution < 1.29 is 0 Å². The first-order valence-electron chi connectivity index (χ1n) is 5.27. The van der Waals surface area contributed by atoms with E-state index < -0.39 is 0 Å². The molecular formula is C12H11N5. The van der Waals surface area contributed by atoms with Crippen LogP contribution in [-0.4, -0.2) is 19.9 Å². The minimum Gasteiger partial charge on any atom is -0.384 e. The fraction of sp³-hybridized carbons (Fsp3) is 0.0833. The van der Waals surface area contributed by atoms with Gasteiger partial charge in [-0.05, 0) is 30.7 Å². The molecule has 0 aliphatic heterocycles. The molecular weight excluding hydrogens is 214 g/mol. The summed E-state index contributed by atoms with van der Waals surface area (Å²) in [4.78, 5) is 16.0. The minimum absolute atomic E-state index is 0.479. The van der Waals surface area contributed by atoms with Crippen LogP contribution >= 0.6 is 0 Å². The average Bonchev–Trinajstić information content (AvgIpc) is 2.72. The van der Waals surface area contributed by atoms with E-state index >= 15 is 0 Å². The number of nitrogens with one attached hydrogen (secondary N) is 1. The number of nitrogen functional groups attached to an aromatic ring is 1. The van der Waals surface area contributed by atoms with Crippen LogP contribution in [-0.2, 0) is 0 Å². The summed E-state index contributed by atoms with van der Waals surface area (Å²) in [6.45, 7) is 1.99. The highest BCUT2D eigenvalue weighted by Gasteiger charge is 2.07. The summed E-state index contributed by atoms with van der Waals surface area (Å²) in [7, 11) is 0. The number of fused-ring (bicyclic) bond motifs is 1. The highest BCUT2D eigenvalue weighted by Crippen LogP contribution is 2.18. The summed E-state index contributed by atoms with van der Waals surface area (Å²) in [6, 6.07) is 7.46. The minimum atomic E-state index is 0.479. The number of nitrogens with zero attached hydrogens (tertiary/aromatic N) is 3. The van der Waals surface area contributed by atoms with E-state index in [1.807, 2.05) is 25.1 Å². The van der Waals surface area contributed by atoms with Gasteiger partial charge in [-0.2, -0.15) is 0 Å². The van der Waals surface area contributed by atoms with Gasteiger partial charge in [0, 0.05) is 6.20 Å². The number of aromatic amines is 1. The van der Waals surface area contributed by atoms with Gasteiger partial charge in [0.05, 0.1) is 5.52 Å². The second-order valence-corrected chi connectivity index (χ2v) is 3.92. The second-order valence-electron chi connectivity index (χ2n) is 3.92. The predicted molar refractivity (Wildman–Crippen MR) is 66.3 cm³/mol. The smallest absolute Gasteiger partial charge is 0.178 e. The summed E-state index contributed by atoms with van der Waals surface area (Å²) in [5.41, 5.74) is 9.06. The fourth-order valence-corrected chi connectivity index (χ4v) is 1.71. The Morgan fingerprint density at radius 3 is 2.94 bits per heavy atom. The molecule has 17 heavy (non-hydrogen) atoms. The SMILES string of the molecule is Cc1cnc2nc(-c3cccc(N)n3)[nH]c2c1. The molecule has 0 saturated carbocycles. The molecule has 0 aliphatic carbocycles. The fourth-order valence-electron chi connectivity index (χ4n) is 1.71. The topological polar surface area (TPSA) is 80.5 Å². The van der Waals surface area contributed by atoms with Gasteiger partial charge in [-0.1, -0.05) is 6.07 Å². The molecule has 0 fully saturated rings. The lowest BCUT2D eigenvalue weighted by Gasteiger charge is -1.96. The number of hydrogen-bond donors (Lipinski definition) is 2. The number of imidazole rings is 1. The molecule has 0 unspecified atom stereocenters.